The van der Waals surface area contributed by atoms with Crippen LogP contribution in [0.4, 0.5) is 10.1 Å². The van der Waals surface area contributed by atoms with Crippen LogP contribution in [0.15, 0.2) is 42.5 Å². The first kappa shape index (κ1) is 14.3. The molecule has 0 aliphatic rings. The van der Waals surface area contributed by atoms with Crippen LogP contribution in [0.25, 0.3) is 0 Å². The zero-order valence-electron chi connectivity index (χ0n) is 10.9. The molecule has 0 aliphatic heterocycles. The Morgan fingerprint density at radius 2 is 2.00 bits per heavy atom. The highest BCUT2D eigenvalue weighted by Crippen LogP contribution is 2.24. The summed E-state index contributed by atoms with van der Waals surface area (Å²) in [6.07, 6.45) is 0. The normalized spacial score (nSPS) is 10.2. The second-order valence-electron chi connectivity index (χ2n) is 4.22. The van der Waals surface area contributed by atoms with Crippen molar-refractivity contribution in [3.63, 3.8) is 0 Å². The maximum atomic E-state index is 13.5. The number of amides is 1. The fourth-order valence-corrected chi connectivity index (χ4v) is 1.96. The fraction of sp³-hybridized carbons (Fsp3) is 0.133. The maximum Gasteiger partial charge on any atom is 0.251 e. The molecule has 2 aromatic carbocycles. The Morgan fingerprint density at radius 1 is 1.25 bits per heavy atom. The molecule has 1 amide bonds. The van der Waals surface area contributed by atoms with Crippen LogP contribution >= 0.6 is 11.6 Å². The lowest BCUT2D eigenvalue weighted by atomic mass is 10.1. The maximum absolute atomic E-state index is 13.5. The molecular weight excluding hydrogens is 279 g/mol. The molecule has 0 atom stereocenters. The Hall–Kier alpha value is -2.07. The minimum atomic E-state index is -0.279. The zero-order chi connectivity index (χ0) is 14.5. The quantitative estimate of drug-likeness (QED) is 0.906. The van der Waals surface area contributed by atoms with E-state index in [-0.39, 0.29) is 11.7 Å². The Bertz CT molecular complexity index is 631. The second kappa shape index (κ2) is 6.39. The summed E-state index contributed by atoms with van der Waals surface area (Å²) in [6, 6.07) is 11.4. The molecule has 2 rings (SSSR count). The number of carbonyl (C=O) groups excluding carboxylic acids is 1. The summed E-state index contributed by atoms with van der Waals surface area (Å²) < 4.78 is 13.5. The van der Waals surface area contributed by atoms with Gasteiger partial charge in [0, 0.05) is 24.7 Å². The number of rotatable bonds is 4. The number of halogens is 2. The van der Waals surface area contributed by atoms with Gasteiger partial charge in [0.25, 0.3) is 5.91 Å². The summed E-state index contributed by atoms with van der Waals surface area (Å²) in [5.74, 6) is -0.478. The lowest BCUT2D eigenvalue weighted by Gasteiger charge is -2.10. The predicted octanol–water partition coefficient (Wildman–Crippen LogP) is 3.45. The van der Waals surface area contributed by atoms with E-state index in [1.165, 1.54) is 6.07 Å². The van der Waals surface area contributed by atoms with E-state index in [2.05, 4.69) is 10.6 Å². The Balaban J connectivity index is 2.17. The molecule has 0 saturated carbocycles. The van der Waals surface area contributed by atoms with Gasteiger partial charge in [-0.25, -0.2) is 4.39 Å². The summed E-state index contributed by atoms with van der Waals surface area (Å²) >= 11 is 6.06. The van der Waals surface area contributed by atoms with Gasteiger partial charge in [0.15, 0.2) is 0 Å². The van der Waals surface area contributed by atoms with Gasteiger partial charge in [0.1, 0.15) is 5.82 Å². The third-order valence-corrected chi connectivity index (χ3v) is 3.21. The molecule has 0 aliphatic carbocycles. The van der Waals surface area contributed by atoms with Crippen LogP contribution in [-0.2, 0) is 6.54 Å². The summed E-state index contributed by atoms with van der Waals surface area (Å²) in [5.41, 5.74) is 1.62. The number of hydrogen-bond donors (Lipinski definition) is 2. The van der Waals surface area contributed by atoms with Gasteiger partial charge in [-0.05, 0) is 24.3 Å². The van der Waals surface area contributed by atoms with Gasteiger partial charge in [-0.3, -0.25) is 4.79 Å². The monoisotopic (exact) mass is 292 g/mol. The molecule has 104 valence electrons. The van der Waals surface area contributed by atoms with Crippen LogP contribution in [0, 0.1) is 5.82 Å². The van der Waals surface area contributed by atoms with Gasteiger partial charge in [0.2, 0.25) is 0 Å². The zero-order valence-corrected chi connectivity index (χ0v) is 11.7. The molecule has 2 aromatic rings. The molecule has 0 spiro atoms. The van der Waals surface area contributed by atoms with Gasteiger partial charge in [-0.15, -0.1) is 0 Å². The average molecular weight is 293 g/mol. The number of benzene rings is 2. The first-order valence-electron chi connectivity index (χ1n) is 6.10. The molecular formula is C15H14ClFN2O. The molecule has 0 radical (unpaired) electrons. The number of hydrogen-bond acceptors (Lipinski definition) is 2. The first-order chi connectivity index (χ1) is 9.61. The van der Waals surface area contributed by atoms with Gasteiger partial charge >= 0.3 is 0 Å². The molecule has 5 heteroatoms. The van der Waals surface area contributed by atoms with Crippen LogP contribution < -0.4 is 10.6 Å². The molecule has 2 N–H and O–H groups in total. The largest absolute Gasteiger partial charge is 0.380 e. The molecule has 0 fully saturated rings. The number of nitrogens with one attached hydrogen (secondary N) is 2. The van der Waals surface area contributed by atoms with Gasteiger partial charge in [-0.1, -0.05) is 29.8 Å². The van der Waals surface area contributed by atoms with Gasteiger partial charge < -0.3 is 10.6 Å². The highest BCUT2D eigenvalue weighted by atomic mass is 35.5. The highest BCUT2D eigenvalue weighted by Gasteiger charge is 2.08. The van der Waals surface area contributed by atoms with Gasteiger partial charge in [0.05, 0.1) is 10.7 Å². The summed E-state index contributed by atoms with van der Waals surface area (Å²) in [7, 11) is 1.56. The third kappa shape index (κ3) is 3.27. The van der Waals surface area contributed by atoms with Crippen molar-refractivity contribution >= 4 is 23.2 Å². The standard InChI is InChI=1S/C15H14ClFN2O/c1-18-15(20)10-6-7-12(16)14(8-10)19-9-11-4-2-3-5-13(11)17/h2-8,19H,9H2,1H3,(H,18,20). The van der Waals surface area contributed by atoms with Crippen molar-refractivity contribution in [1.29, 1.82) is 0 Å². The van der Waals surface area contributed by atoms with E-state index in [1.54, 1.807) is 43.4 Å². The summed E-state index contributed by atoms with van der Waals surface area (Å²) in [5, 5.41) is 6.06. The van der Waals surface area contributed by atoms with Crippen LogP contribution in [-0.4, -0.2) is 13.0 Å². The van der Waals surface area contributed by atoms with Crippen LogP contribution in [0.5, 0.6) is 0 Å². The topological polar surface area (TPSA) is 41.1 Å². The van der Waals surface area contributed by atoms with E-state index in [1.807, 2.05) is 0 Å². The fourth-order valence-electron chi connectivity index (χ4n) is 1.78. The first-order valence-corrected chi connectivity index (χ1v) is 6.48. The lowest BCUT2D eigenvalue weighted by molar-refractivity contribution is 0.0963. The Morgan fingerprint density at radius 3 is 2.70 bits per heavy atom. The van der Waals surface area contributed by atoms with Crippen molar-refractivity contribution < 1.29 is 9.18 Å². The molecule has 0 bridgehead atoms. The molecule has 0 heterocycles. The lowest BCUT2D eigenvalue weighted by Crippen LogP contribution is -2.17. The second-order valence-corrected chi connectivity index (χ2v) is 4.63. The third-order valence-electron chi connectivity index (χ3n) is 2.88. The van der Waals surface area contributed by atoms with Crippen LogP contribution in [0.2, 0.25) is 5.02 Å². The molecule has 3 nitrogen and oxygen atoms in total. The molecule has 0 saturated heterocycles. The number of carbonyl (C=O) groups is 1. The van der Waals surface area contributed by atoms with Crippen molar-refractivity contribution in [3.05, 3.63) is 64.4 Å². The van der Waals surface area contributed by atoms with E-state index in [0.717, 1.165) is 0 Å². The molecule has 0 aromatic heterocycles. The highest BCUT2D eigenvalue weighted by molar-refractivity contribution is 6.33. The number of anilines is 1. The summed E-state index contributed by atoms with van der Waals surface area (Å²) in [4.78, 5) is 11.6. The van der Waals surface area contributed by atoms with E-state index in [9.17, 15) is 9.18 Å². The molecule has 20 heavy (non-hydrogen) atoms. The van der Waals surface area contributed by atoms with E-state index in [0.29, 0.717) is 28.4 Å². The average Bonchev–Trinajstić information content (AvgIpc) is 2.47. The van der Waals surface area contributed by atoms with Crippen molar-refractivity contribution in [2.75, 3.05) is 12.4 Å². The summed E-state index contributed by atoms with van der Waals surface area (Å²) in [6.45, 7) is 0.295. The smallest absolute Gasteiger partial charge is 0.251 e. The van der Waals surface area contributed by atoms with Crippen LogP contribution in [0.3, 0.4) is 0 Å². The van der Waals surface area contributed by atoms with Crippen molar-refractivity contribution in [2.24, 2.45) is 0 Å². The SMILES string of the molecule is CNC(=O)c1ccc(Cl)c(NCc2ccccc2F)c1. The minimum absolute atomic E-state index is 0.199. The van der Waals surface area contributed by atoms with Crippen molar-refractivity contribution in [1.82, 2.24) is 5.32 Å². The molecule has 0 unspecified atom stereocenters. The minimum Gasteiger partial charge on any atom is -0.380 e. The Labute approximate surface area is 121 Å². The van der Waals surface area contributed by atoms with Crippen molar-refractivity contribution in [3.8, 4) is 0 Å². The van der Waals surface area contributed by atoms with Crippen LogP contribution in [0.1, 0.15) is 15.9 Å². The van der Waals surface area contributed by atoms with E-state index in [4.69, 9.17) is 11.6 Å². The van der Waals surface area contributed by atoms with E-state index < -0.39 is 0 Å². The van der Waals surface area contributed by atoms with E-state index >= 15 is 0 Å². The van der Waals surface area contributed by atoms with Crippen molar-refractivity contribution in [2.45, 2.75) is 6.54 Å². The van der Waals surface area contributed by atoms with Gasteiger partial charge in [-0.2, -0.15) is 0 Å². The predicted molar refractivity (Wildman–Crippen MR) is 78.6 cm³/mol. The Kier molecular flexibility index (Phi) is 4.58.